The third kappa shape index (κ3) is 2.19. The average molecular weight is 210 g/mol. The van der Waals surface area contributed by atoms with Gasteiger partial charge < -0.3 is 0 Å². The molecule has 16 heavy (non-hydrogen) atoms. The molecule has 0 spiro atoms. The van der Waals surface area contributed by atoms with Gasteiger partial charge in [-0.2, -0.15) is 0 Å². The third-order valence-corrected chi connectivity index (χ3v) is 2.65. The fourth-order valence-corrected chi connectivity index (χ4v) is 1.72. The molecule has 0 heterocycles. The molecule has 1 nitrogen and oxygen atoms in total. The van der Waals surface area contributed by atoms with Crippen molar-refractivity contribution in [2.45, 2.75) is 6.92 Å². The van der Waals surface area contributed by atoms with Crippen molar-refractivity contribution in [1.82, 2.24) is 0 Å². The Morgan fingerprint density at radius 3 is 2.50 bits per heavy atom. The normalized spacial score (nSPS) is 23.8. The summed E-state index contributed by atoms with van der Waals surface area (Å²) in [5.41, 5.74) is 1.76. The molecule has 0 bridgehead atoms. The van der Waals surface area contributed by atoms with Crippen LogP contribution in [0.5, 0.6) is 0 Å². The summed E-state index contributed by atoms with van der Waals surface area (Å²) in [6.07, 6.45) is 19.4. The van der Waals surface area contributed by atoms with E-state index in [1.54, 1.807) is 0 Å². The maximum atomic E-state index is 12.1. The van der Waals surface area contributed by atoms with Gasteiger partial charge in [0.25, 0.3) is 0 Å². The summed E-state index contributed by atoms with van der Waals surface area (Å²) >= 11 is 0. The Kier molecular flexibility index (Phi) is 3.16. The Balaban J connectivity index is 2.50. The molecule has 0 saturated heterocycles. The van der Waals surface area contributed by atoms with Crippen molar-refractivity contribution >= 4 is 5.78 Å². The van der Waals surface area contributed by atoms with Gasteiger partial charge in [-0.15, -0.1) is 0 Å². The van der Waals surface area contributed by atoms with Gasteiger partial charge in [0.2, 0.25) is 0 Å². The van der Waals surface area contributed by atoms with Crippen LogP contribution < -0.4 is 0 Å². The van der Waals surface area contributed by atoms with Crippen molar-refractivity contribution in [2.75, 3.05) is 0 Å². The number of Topliss-reactive ketones (excluding diaryl/α,β-unsaturated/α-hetero) is 1. The molecule has 2 aliphatic rings. The van der Waals surface area contributed by atoms with Gasteiger partial charge in [0.15, 0.2) is 5.78 Å². The molecule has 2 aliphatic carbocycles. The number of carbonyl (C=O) groups excluding carboxylic acids is 1. The summed E-state index contributed by atoms with van der Waals surface area (Å²) in [7, 11) is 0. The minimum absolute atomic E-state index is 0.0589. The summed E-state index contributed by atoms with van der Waals surface area (Å²) in [5, 5.41) is 0. The van der Waals surface area contributed by atoms with E-state index in [9.17, 15) is 4.79 Å². The SMILES string of the molecule is CC1C=CC=CC2=CC=CC=CC=C2C1=O. The van der Waals surface area contributed by atoms with Crippen molar-refractivity contribution in [3.8, 4) is 0 Å². The number of ketones is 1. The Labute approximate surface area is 95.9 Å². The summed E-state index contributed by atoms with van der Waals surface area (Å²) in [6, 6.07) is 0. The van der Waals surface area contributed by atoms with Crippen molar-refractivity contribution < 1.29 is 4.79 Å². The summed E-state index contributed by atoms with van der Waals surface area (Å²) in [5.74, 6) is 0.114. The maximum absolute atomic E-state index is 12.1. The highest BCUT2D eigenvalue weighted by atomic mass is 16.1. The Bertz CT molecular complexity index is 468. The first-order chi connectivity index (χ1) is 7.79. The molecular weight excluding hydrogens is 196 g/mol. The van der Waals surface area contributed by atoms with E-state index in [1.807, 2.05) is 67.7 Å². The van der Waals surface area contributed by atoms with E-state index < -0.39 is 0 Å². The Morgan fingerprint density at radius 2 is 1.69 bits per heavy atom. The van der Waals surface area contributed by atoms with E-state index in [0.29, 0.717) is 0 Å². The highest BCUT2D eigenvalue weighted by Gasteiger charge is 2.18. The number of rotatable bonds is 0. The van der Waals surface area contributed by atoms with Gasteiger partial charge >= 0.3 is 0 Å². The smallest absolute Gasteiger partial charge is 0.170 e. The molecule has 0 aliphatic heterocycles. The molecule has 0 amide bonds. The second-order valence-corrected chi connectivity index (χ2v) is 3.87. The van der Waals surface area contributed by atoms with Crippen LogP contribution in [0.4, 0.5) is 0 Å². The zero-order valence-electron chi connectivity index (χ0n) is 9.26. The van der Waals surface area contributed by atoms with Gasteiger partial charge in [0.1, 0.15) is 0 Å². The molecule has 0 N–H and O–H groups in total. The molecule has 80 valence electrons. The molecule has 0 aromatic carbocycles. The van der Waals surface area contributed by atoms with Crippen molar-refractivity contribution in [3.63, 3.8) is 0 Å². The second kappa shape index (κ2) is 4.75. The van der Waals surface area contributed by atoms with Crippen molar-refractivity contribution in [3.05, 3.63) is 71.9 Å². The Hall–Kier alpha value is -1.89. The maximum Gasteiger partial charge on any atom is 0.170 e. The fourth-order valence-electron chi connectivity index (χ4n) is 1.72. The van der Waals surface area contributed by atoms with Gasteiger partial charge in [-0.3, -0.25) is 4.79 Å². The van der Waals surface area contributed by atoms with Crippen LogP contribution in [0.2, 0.25) is 0 Å². The van der Waals surface area contributed by atoms with Crippen molar-refractivity contribution in [2.24, 2.45) is 5.92 Å². The number of carbonyl (C=O) groups is 1. The predicted octanol–water partition coefficient (Wildman–Crippen LogP) is 3.30. The molecule has 0 aromatic heterocycles. The fraction of sp³-hybridized carbons (Fsp3) is 0.133. The first-order valence-corrected chi connectivity index (χ1v) is 5.44. The van der Waals surface area contributed by atoms with Gasteiger partial charge in [-0.25, -0.2) is 0 Å². The topological polar surface area (TPSA) is 17.1 Å². The van der Waals surface area contributed by atoms with Crippen LogP contribution in [-0.2, 0) is 4.79 Å². The zero-order valence-corrected chi connectivity index (χ0v) is 9.26. The number of allylic oxidation sites excluding steroid dienone is 12. The molecule has 2 rings (SSSR count). The highest BCUT2D eigenvalue weighted by molar-refractivity contribution is 6.03. The number of hydrogen-bond acceptors (Lipinski definition) is 1. The van der Waals surface area contributed by atoms with Crippen LogP contribution in [-0.4, -0.2) is 5.78 Å². The second-order valence-electron chi connectivity index (χ2n) is 3.87. The highest BCUT2D eigenvalue weighted by Crippen LogP contribution is 2.21. The van der Waals surface area contributed by atoms with E-state index in [1.165, 1.54) is 0 Å². The van der Waals surface area contributed by atoms with E-state index in [2.05, 4.69) is 0 Å². The molecule has 0 fully saturated rings. The van der Waals surface area contributed by atoms with Crippen LogP contribution in [0.15, 0.2) is 71.9 Å². The molecule has 0 aromatic rings. The molecule has 0 saturated carbocycles. The van der Waals surface area contributed by atoms with Gasteiger partial charge in [-0.1, -0.05) is 67.7 Å². The van der Waals surface area contributed by atoms with E-state index >= 15 is 0 Å². The monoisotopic (exact) mass is 210 g/mol. The number of fused-ring (bicyclic) bond motifs is 1. The lowest BCUT2D eigenvalue weighted by molar-refractivity contribution is -0.117. The lowest BCUT2D eigenvalue weighted by Crippen LogP contribution is -2.13. The van der Waals surface area contributed by atoms with Crippen LogP contribution >= 0.6 is 0 Å². The lowest BCUT2D eigenvalue weighted by Gasteiger charge is -2.13. The minimum atomic E-state index is -0.0589. The summed E-state index contributed by atoms with van der Waals surface area (Å²) < 4.78 is 0. The van der Waals surface area contributed by atoms with E-state index in [0.717, 1.165) is 11.1 Å². The average Bonchev–Trinajstić information content (AvgIpc) is 2.24. The van der Waals surface area contributed by atoms with Gasteiger partial charge in [-0.05, 0) is 5.57 Å². The van der Waals surface area contributed by atoms with Crippen LogP contribution in [0, 0.1) is 5.92 Å². The number of hydrogen-bond donors (Lipinski definition) is 0. The van der Waals surface area contributed by atoms with Gasteiger partial charge in [0, 0.05) is 11.5 Å². The third-order valence-electron chi connectivity index (χ3n) is 2.65. The first kappa shape index (κ1) is 10.6. The molecular formula is C15H14O. The van der Waals surface area contributed by atoms with Crippen LogP contribution in [0.3, 0.4) is 0 Å². The first-order valence-electron chi connectivity index (χ1n) is 5.44. The summed E-state index contributed by atoms with van der Waals surface area (Å²) in [4.78, 5) is 12.1. The van der Waals surface area contributed by atoms with Gasteiger partial charge in [0.05, 0.1) is 0 Å². The lowest BCUT2D eigenvalue weighted by atomic mass is 9.90. The predicted molar refractivity (Wildman–Crippen MR) is 66.9 cm³/mol. The Morgan fingerprint density at radius 1 is 0.938 bits per heavy atom. The molecule has 1 unspecified atom stereocenters. The van der Waals surface area contributed by atoms with E-state index in [-0.39, 0.29) is 11.7 Å². The molecule has 1 heteroatoms. The summed E-state index contributed by atoms with van der Waals surface area (Å²) in [6.45, 7) is 1.93. The van der Waals surface area contributed by atoms with E-state index in [4.69, 9.17) is 0 Å². The van der Waals surface area contributed by atoms with Crippen molar-refractivity contribution in [1.29, 1.82) is 0 Å². The quantitative estimate of drug-likeness (QED) is 0.599. The molecule has 0 radical (unpaired) electrons. The zero-order chi connectivity index (χ0) is 11.4. The minimum Gasteiger partial charge on any atom is -0.294 e. The van der Waals surface area contributed by atoms with Crippen LogP contribution in [0.1, 0.15) is 6.92 Å². The molecule has 1 atom stereocenters. The standard InChI is InChI=1S/C15H14O/c1-12-8-6-7-10-13-9-4-2-3-5-11-14(13)15(12)16/h2-12H,1H3. The van der Waals surface area contributed by atoms with Crippen LogP contribution in [0.25, 0.3) is 0 Å². The largest absolute Gasteiger partial charge is 0.294 e.